The van der Waals surface area contributed by atoms with Crippen molar-refractivity contribution in [1.82, 2.24) is 0 Å². The van der Waals surface area contributed by atoms with Gasteiger partial charge in [0.1, 0.15) is 9.75 Å². The van der Waals surface area contributed by atoms with Gasteiger partial charge in [-0.1, -0.05) is 11.6 Å². The molecule has 1 aromatic rings. The number of amides is 1. The topological polar surface area (TPSA) is 98.5 Å². The van der Waals surface area contributed by atoms with Gasteiger partial charge in [0.15, 0.2) is 6.61 Å². The van der Waals surface area contributed by atoms with Crippen molar-refractivity contribution in [3.63, 3.8) is 0 Å². The van der Waals surface area contributed by atoms with E-state index < -0.39 is 33.2 Å². The van der Waals surface area contributed by atoms with E-state index in [2.05, 4.69) is 5.32 Å². The lowest BCUT2D eigenvalue weighted by Gasteiger charge is -2.12. The zero-order chi connectivity index (χ0) is 17.4. The van der Waals surface area contributed by atoms with Crippen LogP contribution in [0.15, 0.2) is 18.2 Å². The van der Waals surface area contributed by atoms with Crippen LogP contribution >= 0.6 is 34.8 Å². The number of carbonyl (C=O) groups excluding carboxylic acids is 2. The number of ether oxygens (including phenoxy) is 1. The zero-order valence-electron chi connectivity index (χ0n) is 11.8. The summed E-state index contributed by atoms with van der Waals surface area (Å²) in [5.41, 5.74) is -1.07. The summed E-state index contributed by atoms with van der Waals surface area (Å²) < 4.78 is 3.69. The summed E-state index contributed by atoms with van der Waals surface area (Å²) in [5, 5.41) is 13.0. The van der Waals surface area contributed by atoms with Gasteiger partial charge < -0.3 is 10.1 Å². The number of hydrogen-bond donors (Lipinski definition) is 1. The summed E-state index contributed by atoms with van der Waals surface area (Å²) >= 11 is 17.5. The molecule has 124 valence electrons. The van der Waals surface area contributed by atoms with E-state index in [1.807, 2.05) is 0 Å². The normalized spacial score (nSPS) is 21.4. The van der Waals surface area contributed by atoms with Gasteiger partial charge in [0.2, 0.25) is 0 Å². The Labute approximate surface area is 146 Å². The van der Waals surface area contributed by atoms with Crippen LogP contribution in [0, 0.1) is 15.5 Å². The van der Waals surface area contributed by atoms with Gasteiger partial charge in [-0.05, 0) is 13.0 Å². The van der Waals surface area contributed by atoms with Gasteiger partial charge >= 0.3 is 5.97 Å². The number of anilines is 1. The Morgan fingerprint density at radius 2 is 2.04 bits per heavy atom. The SMILES string of the molecule is C[C@@]1(C(=O)OCC(=O)Nc2ccc([N+](=O)[O-])cc2Cl)CC1(Cl)Cl. The number of esters is 1. The molecule has 1 aliphatic rings. The zero-order valence-corrected chi connectivity index (χ0v) is 14.0. The summed E-state index contributed by atoms with van der Waals surface area (Å²) in [4.78, 5) is 33.5. The van der Waals surface area contributed by atoms with Gasteiger partial charge in [0.05, 0.1) is 15.6 Å². The van der Waals surface area contributed by atoms with Gasteiger partial charge in [0.25, 0.3) is 11.6 Å². The molecular formula is C13H11Cl3N2O5. The maximum Gasteiger partial charge on any atom is 0.315 e. The van der Waals surface area contributed by atoms with Crippen LogP contribution in [0.1, 0.15) is 13.3 Å². The fourth-order valence-electron chi connectivity index (χ4n) is 1.82. The number of nitrogens with one attached hydrogen (secondary N) is 1. The molecule has 2 rings (SSSR count). The third-order valence-electron chi connectivity index (χ3n) is 3.48. The van der Waals surface area contributed by atoms with Crippen LogP contribution in [0.2, 0.25) is 5.02 Å². The van der Waals surface area contributed by atoms with Crippen molar-refractivity contribution in [2.75, 3.05) is 11.9 Å². The first-order valence-corrected chi connectivity index (χ1v) is 7.49. The minimum Gasteiger partial charge on any atom is -0.455 e. The molecule has 0 aliphatic heterocycles. The number of hydrogen-bond acceptors (Lipinski definition) is 5. The Balaban J connectivity index is 1.91. The van der Waals surface area contributed by atoms with Crippen LogP contribution in [-0.4, -0.2) is 27.7 Å². The number of carbonyl (C=O) groups is 2. The summed E-state index contributed by atoms with van der Waals surface area (Å²) in [6.07, 6.45) is 0.248. The Kier molecular flexibility index (Phi) is 4.75. The lowest BCUT2D eigenvalue weighted by Crippen LogP contribution is -2.26. The number of nitro groups is 1. The van der Waals surface area contributed by atoms with Crippen LogP contribution in [0.25, 0.3) is 0 Å². The molecule has 0 heterocycles. The molecule has 0 aromatic heterocycles. The Hall–Kier alpha value is -1.57. The van der Waals surface area contributed by atoms with Gasteiger partial charge in [-0.2, -0.15) is 0 Å². The summed E-state index contributed by atoms with van der Waals surface area (Å²) in [5.74, 6) is -1.32. The smallest absolute Gasteiger partial charge is 0.315 e. The third kappa shape index (κ3) is 3.68. The fourth-order valence-corrected chi connectivity index (χ4v) is 2.73. The monoisotopic (exact) mass is 380 g/mol. The standard InChI is InChI=1S/C13H11Cl3N2O5/c1-12(6-13(12,15)16)11(20)23-5-10(19)17-9-3-2-7(18(21)22)4-8(9)14/h2-4H,5-6H2,1H3,(H,17,19)/t12-/m0/s1. The highest BCUT2D eigenvalue weighted by Crippen LogP contribution is 2.64. The average molecular weight is 382 g/mol. The predicted octanol–water partition coefficient (Wildman–Crippen LogP) is 3.31. The van der Waals surface area contributed by atoms with Crippen molar-refractivity contribution >= 4 is 58.1 Å². The Morgan fingerprint density at radius 3 is 2.52 bits per heavy atom. The van der Waals surface area contributed by atoms with E-state index in [1.165, 1.54) is 12.1 Å². The molecular weight excluding hydrogens is 371 g/mol. The second-order valence-corrected chi connectivity index (χ2v) is 7.15. The van der Waals surface area contributed by atoms with Crippen LogP contribution in [0.5, 0.6) is 0 Å². The van der Waals surface area contributed by atoms with E-state index in [-0.39, 0.29) is 22.8 Å². The molecule has 7 nitrogen and oxygen atoms in total. The second kappa shape index (κ2) is 6.14. The lowest BCUT2D eigenvalue weighted by atomic mass is 10.1. The fraction of sp³-hybridized carbons (Fsp3) is 0.385. The van der Waals surface area contributed by atoms with Crippen molar-refractivity contribution in [3.8, 4) is 0 Å². The number of rotatable bonds is 5. The molecule has 1 N–H and O–H groups in total. The Morgan fingerprint density at radius 1 is 1.43 bits per heavy atom. The first-order valence-electron chi connectivity index (χ1n) is 6.36. The van der Waals surface area contributed by atoms with Gasteiger partial charge in [-0.15, -0.1) is 23.2 Å². The molecule has 1 saturated carbocycles. The minimum atomic E-state index is -1.18. The van der Waals surface area contributed by atoms with Crippen molar-refractivity contribution in [2.24, 2.45) is 5.41 Å². The third-order valence-corrected chi connectivity index (χ3v) is 4.89. The Bertz CT molecular complexity index is 694. The molecule has 1 fully saturated rings. The highest BCUT2D eigenvalue weighted by atomic mass is 35.5. The van der Waals surface area contributed by atoms with E-state index >= 15 is 0 Å². The van der Waals surface area contributed by atoms with Crippen molar-refractivity contribution in [2.45, 2.75) is 17.7 Å². The first kappa shape index (κ1) is 17.8. The second-order valence-electron chi connectivity index (χ2n) is 5.26. The van der Waals surface area contributed by atoms with Crippen LogP contribution < -0.4 is 5.32 Å². The highest BCUT2D eigenvalue weighted by molar-refractivity contribution is 6.53. The number of benzene rings is 1. The number of non-ortho nitro benzene ring substituents is 1. The molecule has 10 heteroatoms. The summed E-state index contributed by atoms with van der Waals surface area (Å²) in [6, 6.07) is 3.57. The molecule has 0 saturated heterocycles. The maximum atomic E-state index is 11.8. The van der Waals surface area contributed by atoms with Crippen molar-refractivity contribution in [3.05, 3.63) is 33.3 Å². The average Bonchev–Trinajstić information content (AvgIpc) is 2.98. The highest BCUT2D eigenvalue weighted by Gasteiger charge is 2.69. The van der Waals surface area contributed by atoms with Crippen LogP contribution in [0.4, 0.5) is 11.4 Å². The van der Waals surface area contributed by atoms with E-state index in [9.17, 15) is 19.7 Å². The predicted molar refractivity (Wildman–Crippen MR) is 84.9 cm³/mol. The van der Waals surface area contributed by atoms with Crippen LogP contribution in [0.3, 0.4) is 0 Å². The number of nitro benzene ring substituents is 1. The summed E-state index contributed by atoms with van der Waals surface area (Å²) in [7, 11) is 0. The van der Waals surface area contributed by atoms with Gasteiger partial charge in [0, 0.05) is 18.6 Å². The van der Waals surface area contributed by atoms with Gasteiger partial charge in [-0.3, -0.25) is 19.7 Å². The number of alkyl halides is 2. The number of nitrogens with zero attached hydrogens (tertiary/aromatic N) is 1. The number of halogens is 3. The maximum absolute atomic E-state index is 11.8. The first-order chi connectivity index (χ1) is 10.6. The van der Waals surface area contributed by atoms with E-state index in [1.54, 1.807) is 6.92 Å². The molecule has 1 atom stereocenters. The quantitative estimate of drug-likeness (QED) is 0.365. The molecule has 0 spiro atoms. The molecule has 0 unspecified atom stereocenters. The molecule has 0 bridgehead atoms. The van der Waals surface area contributed by atoms with Crippen LogP contribution in [-0.2, 0) is 14.3 Å². The molecule has 23 heavy (non-hydrogen) atoms. The summed E-state index contributed by atoms with van der Waals surface area (Å²) in [6.45, 7) is 0.992. The lowest BCUT2D eigenvalue weighted by molar-refractivity contribution is -0.384. The van der Waals surface area contributed by atoms with E-state index in [4.69, 9.17) is 39.5 Å². The molecule has 1 aliphatic carbocycles. The largest absolute Gasteiger partial charge is 0.455 e. The van der Waals surface area contributed by atoms with Crippen molar-refractivity contribution in [1.29, 1.82) is 0 Å². The van der Waals surface area contributed by atoms with Crippen molar-refractivity contribution < 1.29 is 19.2 Å². The molecule has 1 amide bonds. The molecule has 0 radical (unpaired) electrons. The minimum absolute atomic E-state index is 0.00596. The van der Waals surface area contributed by atoms with E-state index in [0.717, 1.165) is 6.07 Å². The van der Waals surface area contributed by atoms with E-state index in [0.29, 0.717) is 0 Å². The molecule has 1 aromatic carbocycles. The van der Waals surface area contributed by atoms with Gasteiger partial charge in [-0.25, -0.2) is 0 Å².